The highest BCUT2D eigenvalue weighted by Gasteiger charge is 2.58. The number of carbonyl (C=O) groups is 3. The summed E-state index contributed by atoms with van der Waals surface area (Å²) in [6.45, 7) is 9.82. The minimum Gasteiger partial charge on any atom is -0.346 e. The molecule has 3 fully saturated rings. The molecule has 1 aromatic heterocycles. The second-order valence-electron chi connectivity index (χ2n) is 9.27. The number of hydrogen-bond donors (Lipinski definition) is 1. The van der Waals surface area contributed by atoms with Gasteiger partial charge in [0.1, 0.15) is 17.1 Å². The Kier molecular flexibility index (Phi) is 4.91. The van der Waals surface area contributed by atoms with Crippen molar-refractivity contribution < 1.29 is 14.4 Å². The van der Waals surface area contributed by atoms with Gasteiger partial charge < -0.3 is 14.8 Å². The summed E-state index contributed by atoms with van der Waals surface area (Å²) in [5.74, 6) is 1.29. The van der Waals surface area contributed by atoms with Crippen LogP contribution in [0.4, 0.5) is 4.79 Å². The molecule has 8 heteroatoms. The molecule has 4 rings (SSSR count). The lowest BCUT2D eigenvalue weighted by Crippen LogP contribution is -2.58. The maximum absolute atomic E-state index is 13.4. The molecule has 1 aromatic rings. The van der Waals surface area contributed by atoms with Crippen LogP contribution < -0.4 is 0 Å². The fourth-order valence-electron chi connectivity index (χ4n) is 4.65. The molecule has 4 amide bonds. The molecule has 0 aromatic carbocycles. The fourth-order valence-corrected chi connectivity index (χ4v) is 4.65. The quantitative estimate of drug-likeness (QED) is 0.767. The summed E-state index contributed by atoms with van der Waals surface area (Å²) in [5, 5.41) is 0. The average Bonchev–Trinajstić information content (AvgIpc) is 3.41. The number of aryl methyl sites for hydroxylation is 2. The normalized spacial score (nSPS) is 21.8. The van der Waals surface area contributed by atoms with E-state index in [2.05, 4.69) is 23.8 Å². The van der Waals surface area contributed by atoms with Crippen LogP contribution in [0.15, 0.2) is 0 Å². The van der Waals surface area contributed by atoms with E-state index in [1.54, 1.807) is 9.80 Å². The van der Waals surface area contributed by atoms with Crippen molar-refractivity contribution in [2.24, 2.45) is 11.8 Å². The molecule has 0 bridgehead atoms. The molecule has 29 heavy (non-hydrogen) atoms. The van der Waals surface area contributed by atoms with E-state index >= 15 is 0 Å². The molecule has 8 nitrogen and oxygen atoms in total. The molecule has 0 radical (unpaired) electrons. The molecular formula is C21H31N5O3. The van der Waals surface area contributed by atoms with Crippen molar-refractivity contribution in [3.8, 4) is 0 Å². The third kappa shape index (κ3) is 3.42. The van der Waals surface area contributed by atoms with Crippen molar-refractivity contribution in [1.82, 2.24) is 24.7 Å². The Hall–Kier alpha value is -2.38. The molecule has 0 unspecified atom stereocenters. The fraction of sp³-hybridized carbons (Fsp3) is 0.714. The van der Waals surface area contributed by atoms with E-state index < -0.39 is 5.54 Å². The third-order valence-electron chi connectivity index (χ3n) is 6.39. The Morgan fingerprint density at radius 2 is 1.86 bits per heavy atom. The number of aromatic nitrogens is 2. The number of H-pyrrole nitrogens is 1. The highest BCUT2D eigenvalue weighted by atomic mass is 16.2. The predicted molar refractivity (Wildman–Crippen MR) is 107 cm³/mol. The average molecular weight is 402 g/mol. The first kappa shape index (κ1) is 19.9. The standard InChI is InChI=1S/C21H31N5O3/c1-13(2)11-26-20(29)25(12-16-5-6-16)19(28)21(26)7-9-24(10-8-21)18(27)17-14(3)22-15(4)23-17/h13,16H,5-12H2,1-4H3,(H,22,23). The van der Waals surface area contributed by atoms with Crippen LogP contribution in [0.1, 0.15) is 61.5 Å². The zero-order valence-corrected chi connectivity index (χ0v) is 17.8. The van der Waals surface area contributed by atoms with Gasteiger partial charge in [-0.25, -0.2) is 9.78 Å². The number of urea groups is 1. The number of amides is 4. The smallest absolute Gasteiger partial charge is 0.327 e. The number of imide groups is 1. The summed E-state index contributed by atoms with van der Waals surface area (Å²) in [4.78, 5) is 51.9. The SMILES string of the molecule is Cc1nc(C(=O)N2CCC3(CC2)C(=O)N(CC2CC2)C(=O)N3CC(C)C)c(C)[nH]1. The predicted octanol–water partition coefficient (Wildman–Crippen LogP) is 2.33. The van der Waals surface area contributed by atoms with Crippen molar-refractivity contribution in [3.63, 3.8) is 0 Å². The lowest BCUT2D eigenvalue weighted by molar-refractivity contribution is -0.135. The molecule has 3 heterocycles. The number of hydrogen-bond acceptors (Lipinski definition) is 4. The molecule has 1 aliphatic carbocycles. The van der Waals surface area contributed by atoms with Crippen LogP contribution in [-0.2, 0) is 4.79 Å². The second-order valence-corrected chi connectivity index (χ2v) is 9.27. The summed E-state index contributed by atoms with van der Waals surface area (Å²) in [6.07, 6.45) is 3.16. The van der Waals surface area contributed by atoms with Gasteiger partial charge in [-0.1, -0.05) is 13.8 Å². The Morgan fingerprint density at radius 1 is 1.21 bits per heavy atom. The van der Waals surface area contributed by atoms with Gasteiger partial charge in [0.05, 0.1) is 0 Å². The number of rotatable bonds is 5. The minimum atomic E-state index is -0.802. The number of likely N-dealkylation sites (tertiary alicyclic amines) is 1. The molecule has 1 saturated carbocycles. The van der Waals surface area contributed by atoms with Gasteiger partial charge in [-0.2, -0.15) is 0 Å². The molecule has 0 atom stereocenters. The lowest BCUT2D eigenvalue weighted by Gasteiger charge is -2.42. The number of aromatic amines is 1. The first-order valence-electron chi connectivity index (χ1n) is 10.7. The van der Waals surface area contributed by atoms with Gasteiger partial charge in [-0.3, -0.25) is 14.5 Å². The van der Waals surface area contributed by atoms with E-state index in [1.807, 2.05) is 13.8 Å². The van der Waals surface area contributed by atoms with Gasteiger partial charge in [0, 0.05) is 31.9 Å². The van der Waals surface area contributed by atoms with Crippen LogP contribution in [0.5, 0.6) is 0 Å². The van der Waals surface area contributed by atoms with Crippen LogP contribution in [0.3, 0.4) is 0 Å². The van der Waals surface area contributed by atoms with Crippen LogP contribution in [0.25, 0.3) is 0 Å². The van der Waals surface area contributed by atoms with E-state index in [9.17, 15) is 14.4 Å². The first-order chi connectivity index (χ1) is 13.7. The molecule has 1 N–H and O–H groups in total. The monoisotopic (exact) mass is 401 g/mol. The maximum Gasteiger partial charge on any atom is 0.327 e. The van der Waals surface area contributed by atoms with Crippen molar-refractivity contribution in [2.75, 3.05) is 26.2 Å². The van der Waals surface area contributed by atoms with Gasteiger partial charge in [0.15, 0.2) is 0 Å². The molecule has 1 spiro atoms. The van der Waals surface area contributed by atoms with Crippen molar-refractivity contribution in [3.05, 3.63) is 17.2 Å². The highest BCUT2D eigenvalue weighted by Crippen LogP contribution is 2.40. The lowest BCUT2D eigenvalue weighted by atomic mass is 9.85. The van der Waals surface area contributed by atoms with Gasteiger partial charge in [-0.05, 0) is 51.4 Å². The van der Waals surface area contributed by atoms with Crippen LogP contribution in [-0.4, -0.2) is 74.2 Å². The Bertz CT molecular complexity index is 833. The second kappa shape index (κ2) is 7.15. The topological polar surface area (TPSA) is 89.6 Å². The number of piperidine rings is 1. The van der Waals surface area contributed by atoms with Gasteiger partial charge >= 0.3 is 6.03 Å². The van der Waals surface area contributed by atoms with Gasteiger partial charge in [0.2, 0.25) is 0 Å². The maximum atomic E-state index is 13.4. The van der Waals surface area contributed by atoms with E-state index in [-0.39, 0.29) is 23.8 Å². The van der Waals surface area contributed by atoms with E-state index in [1.165, 1.54) is 4.90 Å². The minimum absolute atomic E-state index is 0.0612. The Balaban J connectivity index is 1.53. The van der Waals surface area contributed by atoms with Crippen LogP contribution in [0.2, 0.25) is 0 Å². The summed E-state index contributed by atoms with van der Waals surface area (Å²) in [6, 6.07) is -0.144. The summed E-state index contributed by atoms with van der Waals surface area (Å²) < 4.78 is 0. The van der Waals surface area contributed by atoms with Gasteiger partial charge in [-0.15, -0.1) is 0 Å². The van der Waals surface area contributed by atoms with Crippen LogP contribution >= 0.6 is 0 Å². The molecule has 158 valence electrons. The number of imidazole rings is 1. The molecule has 2 saturated heterocycles. The Morgan fingerprint density at radius 3 is 2.38 bits per heavy atom. The number of nitrogens with one attached hydrogen (secondary N) is 1. The van der Waals surface area contributed by atoms with E-state index in [4.69, 9.17) is 0 Å². The Labute approximate surface area is 171 Å². The van der Waals surface area contributed by atoms with Crippen molar-refractivity contribution in [1.29, 1.82) is 0 Å². The van der Waals surface area contributed by atoms with E-state index in [0.29, 0.717) is 50.6 Å². The molecule has 3 aliphatic rings. The third-order valence-corrected chi connectivity index (χ3v) is 6.39. The van der Waals surface area contributed by atoms with Crippen molar-refractivity contribution in [2.45, 2.75) is 58.9 Å². The van der Waals surface area contributed by atoms with E-state index in [0.717, 1.165) is 24.4 Å². The van der Waals surface area contributed by atoms with Crippen molar-refractivity contribution >= 4 is 17.8 Å². The molecule has 2 aliphatic heterocycles. The zero-order chi connectivity index (χ0) is 20.9. The first-order valence-corrected chi connectivity index (χ1v) is 10.7. The highest BCUT2D eigenvalue weighted by molar-refractivity contribution is 6.07. The summed E-state index contributed by atoms with van der Waals surface area (Å²) >= 11 is 0. The number of carbonyl (C=O) groups excluding carboxylic acids is 3. The summed E-state index contributed by atoms with van der Waals surface area (Å²) in [7, 11) is 0. The molecular weight excluding hydrogens is 370 g/mol. The number of nitrogens with zero attached hydrogens (tertiary/aromatic N) is 4. The van der Waals surface area contributed by atoms with Crippen LogP contribution in [0, 0.1) is 25.7 Å². The summed E-state index contributed by atoms with van der Waals surface area (Å²) in [5.41, 5.74) is 0.405. The largest absolute Gasteiger partial charge is 0.346 e. The zero-order valence-electron chi connectivity index (χ0n) is 17.8. The van der Waals surface area contributed by atoms with Gasteiger partial charge in [0.25, 0.3) is 11.8 Å².